The molecule has 2 heterocycles. The lowest BCUT2D eigenvalue weighted by Gasteiger charge is -2.30. The molecule has 0 bridgehead atoms. The average molecular weight is 440 g/mol. The van der Waals surface area contributed by atoms with Gasteiger partial charge in [-0.1, -0.05) is 43.2 Å². The fraction of sp³-hybridized carbons (Fsp3) is 0.440. The van der Waals surface area contributed by atoms with E-state index >= 15 is 0 Å². The molecular formula is C25H30ClN3O2. The lowest BCUT2D eigenvalue weighted by molar-refractivity contribution is 0.0468. The molecule has 1 aliphatic heterocycles. The van der Waals surface area contributed by atoms with E-state index in [1.807, 2.05) is 23.2 Å². The molecule has 0 saturated carbocycles. The summed E-state index contributed by atoms with van der Waals surface area (Å²) in [6.45, 7) is 7.57. The molecule has 1 aliphatic carbocycles. The van der Waals surface area contributed by atoms with Crippen molar-refractivity contribution in [2.24, 2.45) is 0 Å². The van der Waals surface area contributed by atoms with Crippen molar-refractivity contribution in [2.75, 3.05) is 32.9 Å². The standard InChI is InChI=1S/C25H30ClN3O2/c1-3-28(4-2)17-31-25(30)29-14-11-18(12-15-29)23-22-10-9-21(26)16-20(22)8-7-19-6-5-13-27-24(19)23/h5-6,9-10,13,16H,3-4,7-8,11-12,14-15,17H2,1-2H3. The summed E-state index contributed by atoms with van der Waals surface area (Å²) in [7, 11) is 0. The van der Waals surface area contributed by atoms with E-state index in [0.29, 0.717) is 19.8 Å². The van der Waals surface area contributed by atoms with Gasteiger partial charge in [-0.25, -0.2) is 4.79 Å². The number of amides is 1. The van der Waals surface area contributed by atoms with Gasteiger partial charge in [-0.2, -0.15) is 0 Å². The van der Waals surface area contributed by atoms with Crippen molar-refractivity contribution >= 4 is 23.3 Å². The largest absolute Gasteiger partial charge is 0.433 e. The number of hydrogen-bond donors (Lipinski definition) is 0. The zero-order chi connectivity index (χ0) is 21.8. The van der Waals surface area contributed by atoms with E-state index in [0.717, 1.165) is 49.5 Å². The van der Waals surface area contributed by atoms with Crippen molar-refractivity contribution in [1.29, 1.82) is 0 Å². The van der Waals surface area contributed by atoms with E-state index in [-0.39, 0.29) is 6.09 Å². The highest BCUT2D eigenvalue weighted by Crippen LogP contribution is 2.38. The lowest BCUT2D eigenvalue weighted by Crippen LogP contribution is -2.39. The van der Waals surface area contributed by atoms with E-state index in [1.54, 1.807) is 0 Å². The van der Waals surface area contributed by atoms with E-state index in [1.165, 1.54) is 27.8 Å². The van der Waals surface area contributed by atoms with Crippen molar-refractivity contribution in [3.8, 4) is 0 Å². The number of nitrogens with zero attached hydrogens (tertiary/aromatic N) is 3. The molecule has 2 aromatic rings. The Balaban J connectivity index is 1.58. The molecule has 5 nitrogen and oxygen atoms in total. The first-order valence-corrected chi connectivity index (χ1v) is 11.6. The highest BCUT2D eigenvalue weighted by molar-refractivity contribution is 6.30. The predicted octanol–water partition coefficient (Wildman–Crippen LogP) is 5.17. The normalized spacial score (nSPS) is 16.1. The Labute approximate surface area is 189 Å². The topological polar surface area (TPSA) is 45.7 Å². The predicted molar refractivity (Wildman–Crippen MR) is 124 cm³/mol. The monoisotopic (exact) mass is 439 g/mol. The van der Waals surface area contributed by atoms with Gasteiger partial charge in [-0.05, 0) is 73.7 Å². The number of aromatic nitrogens is 1. The summed E-state index contributed by atoms with van der Waals surface area (Å²) in [5.41, 5.74) is 7.45. The molecule has 2 aliphatic rings. The second kappa shape index (κ2) is 9.84. The van der Waals surface area contributed by atoms with Crippen LogP contribution in [0.2, 0.25) is 5.02 Å². The van der Waals surface area contributed by atoms with E-state index in [2.05, 4.69) is 36.9 Å². The first-order valence-electron chi connectivity index (χ1n) is 11.2. The molecular weight excluding hydrogens is 410 g/mol. The van der Waals surface area contributed by atoms with E-state index in [9.17, 15) is 4.79 Å². The fourth-order valence-corrected chi connectivity index (χ4v) is 4.68. The smallest absolute Gasteiger partial charge is 0.411 e. The maximum absolute atomic E-state index is 12.5. The van der Waals surface area contributed by atoms with Crippen molar-refractivity contribution < 1.29 is 9.53 Å². The molecule has 0 radical (unpaired) electrons. The molecule has 4 rings (SSSR count). The number of rotatable bonds is 4. The molecule has 1 fully saturated rings. The summed E-state index contributed by atoms with van der Waals surface area (Å²) in [5.74, 6) is 0. The number of carbonyl (C=O) groups excluding carboxylic acids is 1. The maximum atomic E-state index is 12.5. The summed E-state index contributed by atoms with van der Waals surface area (Å²) < 4.78 is 5.52. The highest BCUT2D eigenvalue weighted by atomic mass is 35.5. The number of ether oxygens (including phenoxy) is 1. The molecule has 1 aromatic heterocycles. The zero-order valence-corrected chi connectivity index (χ0v) is 19.1. The number of piperidine rings is 1. The van der Waals surface area contributed by atoms with Crippen LogP contribution in [0.5, 0.6) is 0 Å². The number of hydrogen-bond acceptors (Lipinski definition) is 4. The second-order valence-electron chi connectivity index (χ2n) is 8.12. The fourth-order valence-electron chi connectivity index (χ4n) is 4.49. The SMILES string of the molecule is CCN(CC)COC(=O)N1CCC(=C2c3ccc(Cl)cc3CCc3cccnc32)CC1. The summed E-state index contributed by atoms with van der Waals surface area (Å²) in [4.78, 5) is 21.2. The third-order valence-electron chi connectivity index (χ3n) is 6.37. The van der Waals surface area contributed by atoms with Crippen LogP contribution in [0.25, 0.3) is 5.57 Å². The van der Waals surface area contributed by atoms with Crippen LogP contribution in [-0.2, 0) is 17.6 Å². The average Bonchev–Trinajstić information content (AvgIpc) is 2.96. The van der Waals surface area contributed by atoms with Gasteiger partial charge in [0.05, 0.1) is 5.69 Å². The molecule has 6 heteroatoms. The number of pyridine rings is 1. The van der Waals surface area contributed by atoms with Crippen LogP contribution < -0.4 is 0 Å². The van der Waals surface area contributed by atoms with Crippen LogP contribution in [0, 0.1) is 0 Å². The highest BCUT2D eigenvalue weighted by Gasteiger charge is 2.27. The van der Waals surface area contributed by atoms with Gasteiger partial charge in [0.1, 0.15) is 6.73 Å². The van der Waals surface area contributed by atoms with Crippen molar-refractivity contribution in [2.45, 2.75) is 39.5 Å². The van der Waals surface area contributed by atoms with E-state index < -0.39 is 0 Å². The van der Waals surface area contributed by atoms with Gasteiger partial charge in [0.2, 0.25) is 0 Å². The van der Waals surface area contributed by atoms with Crippen molar-refractivity contribution in [3.63, 3.8) is 0 Å². The summed E-state index contributed by atoms with van der Waals surface area (Å²) in [5, 5.41) is 0.771. The summed E-state index contributed by atoms with van der Waals surface area (Å²) in [6.07, 6.45) is 5.22. The molecule has 0 unspecified atom stereocenters. The van der Waals surface area contributed by atoms with Crippen LogP contribution >= 0.6 is 11.6 Å². The Hall–Kier alpha value is -2.37. The van der Waals surface area contributed by atoms with Gasteiger partial charge in [-0.3, -0.25) is 9.88 Å². The molecule has 0 N–H and O–H groups in total. The third kappa shape index (κ3) is 4.78. The van der Waals surface area contributed by atoms with Crippen LogP contribution in [0.3, 0.4) is 0 Å². The molecule has 31 heavy (non-hydrogen) atoms. The van der Waals surface area contributed by atoms with Gasteiger partial charge in [0.25, 0.3) is 0 Å². The first-order chi connectivity index (χ1) is 15.1. The number of benzene rings is 1. The lowest BCUT2D eigenvalue weighted by atomic mass is 9.88. The third-order valence-corrected chi connectivity index (χ3v) is 6.61. The van der Waals surface area contributed by atoms with Gasteiger partial charge in [0, 0.05) is 29.9 Å². The van der Waals surface area contributed by atoms with Crippen LogP contribution in [-0.4, -0.2) is 53.8 Å². The van der Waals surface area contributed by atoms with Crippen molar-refractivity contribution in [1.82, 2.24) is 14.8 Å². The van der Waals surface area contributed by atoms with Gasteiger partial charge < -0.3 is 9.64 Å². The van der Waals surface area contributed by atoms with Crippen LogP contribution in [0.1, 0.15) is 49.1 Å². The minimum absolute atomic E-state index is 0.220. The summed E-state index contributed by atoms with van der Waals surface area (Å²) >= 11 is 6.31. The molecule has 0 atom stereocenters. The number of fused-ring (bicyclic) bond motifs is 2. The number of likely N-dealkylation sites (tertiary alicyclic amines) is 1. The Kier molecular flexibility index (Phi) is 6.93. The molecule has 1 amide bonds. The minimum Gasteiger partial charge on any atom is -0.433 e. The molecule has 0 spiro atoms. The molecule has 1 saturated heterocycles. The minimum atomic E-state index is -0.220. The molecule has 1 aromatic carbocycles. The zero-order valence-electron chi connectivity index (χ0n) is 18.4. The second-order valence-corrected chi connectivity index (χ2v) is 8.56. The Morgan fingerprint density at radius 1 is 1.10 bits per heavy atom. The number of halogens is 1. The first kappa shape index (κ1) is 21.8. The number of carbonyl (C=O) groups is 1. The van der Waals surface area contributed by atoms with Crippen LogP contribution in [0.4, 0.5) is 4.79 Å². The quantitative estimate of drug-likeness (QED) is 0.617. The van der Waals surface area contributed by atoms with Crippen LogP contribution in [0.15, 0.2) is 42.1 Å². The Morgan fingerprint density at radius 3 is 2.58 bits per heavy atom. The molecule has 164 valence electrons. The Bertz CT molecular complexity index is 974. The van der Waals surface area contributed by atoms with Crippen molar-refractivity contribution in [3.05, 3.63) is 69.5 Å². The number of aryl methyl sites for hydroxylation is 2. The maximum Gasteiger partial charge on any atom is 0.411 e. The summed E-state index contributed by atoms with van der Waals surface area (Å²) in [6, 6.07) is 10.4. The van der Waals surface area contributed by atoms with Gasteiger partial charge >= 0.3 is 6.09 Å². The van der Waals surface area contributed by atoms with E-state index in [4.69, 9.17) is 21.3 Å². The van der Waals surface area contributed by atoms with Gasteiger partial charge in [0.15, 0.2) is 0 Å². The Morgan fingerprint density at radius 2 is 1.84 bits per heavy atom. The van der Waals surface area contributed by atoms with Gasteiger partial charge in [-0.15, -0.1) is 0 Å².